The number of fused-ring (bicyclic) bond motifs is 1. The molecule has 3 heterocycles. The molecule has 1 aromatic rings. The molecule has 176 valence electrons. The number of anilines is 1. The third-order valence-corrected chi connectivity index (χ3v) is 6.12. The van der Waals surface area contributed by atoms with E-state index in [4.69, 9.17) is 4.55 Å². The van der Waals surface area contributed by atoms with Crippen LogP contribution >= 0.6 is 0 Å². The van der Waals surface area contributed by atoms with E-state index in [0.717, 1.165) is 37.9 Å². The maximum Gasteiger partial charge on any atom is 0.261 e. The molecule has 4 rings (SSSR count). The van der Waals surface area contributed by atoms with Crippen molar-refractivity contribution in [2.24, 2.45) is 5.92 Å². The molecule has 32 heavy (non-hydrogen) atoms. The number of benzene rings is 1. The Bertz CT molecular complexity index is 1010. The minimum absolute atomic E-state index is 0.211. The van der Waals surface area contributed by atoms with Crippen molar-refractivity contribution in [1.82, 2.24) is 10.2 Å². The van der Waals surface area contributed by atoms with Gasteiger partial charge in [-0.3, -0.25) is 24.3 Å². The molecule has 0 spiro atoms. The zero-order valence-electron chi connectivity index (χ0n) is 18.1. The van der Waals surface area contributed by atoms with E-state index in [-0.39, 0.29) is 30.6 Å². The van der Waals surface area contributed by atoms with Crippen LogP contribution in [0.5, 0.6) is 0 Å². The monoisotopic (exact) mass is 469 g/mol. The van der Waals surface area contributed by atoms with Crippen molar-refractivity contribution in [2.45, 2.75) is 51.6 Å². The third kappa shape index (κ3) is 5.63. The van der Waals surface area contributed by atoms with E-state index in [2.05, 4.69) is 17.1 Å². The summed E-state index contributed by atoms with van der Waals surface area (Å²) in [6.45, 7) is 4.10. The van der Waals surface area contributed by atoms with Crippen molar-refractivity contribution >= 4 is 33.5 Å². The van der Waals surface area contributed by atoms with Crippen LogP contribution in [0.1, 0.15) is 54.9 Å². The molecule has 1 unspecified atom stereocenters. The van der Waals surface area contributed by atoms with Gasteiger partial charge in [0.15, 0.2) is 0 Å². The number of piperidine rings is 2. The molecule has 1 atom stereocenters. The summed E-state index contributed by atoms with van der Waals surface area (Å²) in [7, 11) is -3.67. The van der Waals surface area contributed by atoms with Gasteiger partial charge in [-0.15, -0.1) is 0 Å². The summed E-state index contributed by atoms with van der Waals surface area (Å²) in [6, 6.07) is 2.40. The van der Waals surface area contributed by atoms with Crippen LogP contribution in [0.2, 0.25) is 0 Å². The van der Waals surface area contributed by atoms with Crippen LogP contribution < -0.4 is 10.2 Å². The first-order valence-corrected chi connectivity index (χ1v) is 12.5. The summed E-state index contributed by atoms with van der Waals surface area (Å²) < 4.78 is 40.6. The highest BCUT2D eigenvalue weighted by atomic mass is 32.2. The van der Waals surface area contributed by atoms with E-state index in [0.29, 0.717) is 29.8 Å². The first-order chi connectivity index (χ1) is 15.0. The number of nitrogens with zero attached hydrogens (tertiary/aromatic N) is 2. The molecule has 1 aromatic carbocycles. The molecule has 3 aliphatic rings. The van der Waals surface area contributed by atoms with Crippen LogP contribution in [0.15, 0.2) is 12.1 Å². The van der Waals surface area contributed by atoms with Crippen LogP contribution in [-0.4, -0.2) is 61.0 Å². The van der Waals surface area contributed by atoms with Crippen molar-refractivity contribution < 1.29 is 31.7 Å². The molecule has 0 saturated carbocycles. The number of hydrogen-bond acceptors (Lipinski definition) is 6. The maximum atomic E-state index is 14.7. The molecular weight excluding hydrogens is 441 g/mol. The first-order valence-electron chi connectivity index (χ1n) is 10.6. The number of imide groups is 1. The second kappa shape index (κ2) is 9.53. The van der Waals surface area contributed by atoms with Crippen molar-refractivity contribution in [3.8, 4) is 0 Å². The summed E-state index contributed by atoms with van der Waals surface area (Å²) in [5, 5.41) is 2.28. The summed E-state index contributed by atoms with van der Waals surface area (Å²) in [5.74, 6) is -0.792. The van der Waals surface area contributed by atoms with Gasteiger partial charge < -0.3 is 9.80 Å². The van der Waals surface area contributed by atoms with E-state index in [9.17, 15) is 27.2 Å². The molecule has 2 fully saturated rings. The standard InChI is InChI=1S/C20H24FN3O3.CH4O3S/c1-2-12-5-7-23(8-6-12)17-9-13-11-24(20(27)14(13)10-15(17)21)16-3-4-18(25)22-19(16)26;1-5(2,3)4/h9-10,12,16H,2-8,11H2,1H3,(H,22,25,26);1H3,(H,2,3,4). The number of halogens is 1. The van der Waals surface area contributed by atoms with Gasteiger partial charge in [-0.1, -0.05) is 13.3 Å². The fraction of sp³-hybridized carbons (Fsp3) is 0.571. The average Bonchev–Trinajstić information content (AvgIpc) is 3.02. The van der Waals surface area contributed by atoms with E-state index in [1.165, 1.54) is 11.0 Å². The molecule has 0 radical (unpaired) electrons. The third-order valence-electron chi connectivity index (χ3n) is 6.12. The molecule has 9 nitrogen and oxygen atoms in total. The minimum atomic E-state index is -3.67. The molecule has 0 aliphatic carbocycles. The normalized spacial score (nSPS) is 21.8. The minimum Gasteiger partial charge on any atom is -0.369 e. The Morgan fingerprint density at radius 2 is 1.78 bits per heavy atom. The Hall–Kier alpha value is -2.53. The fourth-order valence-corrected chi connectivity index (χ4v) is 4.40. The zero-order chi connectivity index (χ0) is 23.6. The molecule has 0 aromatic heterocycles. The predicted octanol–water partition coefficient (Wildman–Crippen LogP) is 1.72. The summed E-state index contributed by atoms with van der Waals surface area (Å²) in [4.78, 5) is 39.7. The highest BCUT2D eigenvalue weighted by Crippen LogP contribution is 2.34. The number of carbonyl (C=O) groups is 3. The Balaban J connectivity index is 0.000000523. The lowest BCUT2D eigenvalue weighted by atomic mass is 9.94. The SMILES string of the molecule is CCC1CCN(c2cc3c(cc2F)C(=O)N(C2CCC(=O)NC2=O)C3)CC1.CS(=O)(=O)O. The van der Waals surface area contributed by atoms with Crippen LogP contribution in [0.25, 0.3) is 0 Å². The molecule has 3 amide bonds. The van der Waals surface area contributed by atoms with Crippen LogP contribution in [0.3, 0.4) is 0 Å². The molecule has 3 aliphatic heterocycles. The lowest BCUT2D eigenvalue weighted by molar-refractivity contribution is -0.136. The number of hydrogen-bond donors (Lipinski definition) is 2. The van der Waals surface area contributed by atoms with Crippen LogP contribution in [0, 0.1) is 11.7 Å². The topological polar surface area (TPSA) is 124 Å². The Morgan fingerprint density at radius 3 is 2.34 bits per heavy atom. The van der Waals surface area contributed by atoms with Gasteiger partial charge in [-0.2, -0.15) is 8.42 Å². The molecule has 11 heteroatoms. The highest BCUT2D eigenvalue weighted by Gasteiger charge is 2.39. The van der Waals surface area contributed by atoms with Crippen LogP contribution in [-0.2, 0) is 26.3 Å². The van der Waals surface area contributed by atoms with Gasteiger partial charge in [0.2, 0.25) is 11.8 Å². The van der Waals surface area contributed by atoms with E-state index < -0.39 is 22.1 Å². The van der Waals surface area contributed by atoms with Crippen molar-refractivity contribution in [2.75, 3.05) is 24.2 Å². The zero-order valence-corrected chi connectivity index (χ0v) is 19.0. The molecule has 0 bridgehead atoms. The second-order valence-electron chi connectivity index (χ2n) is 8.43. The Kier molecular flexibility index (Phi) is 7.19. The van der Waals surface area contributed by atoms with Crippen molar-refractivity contribution in [3.63, 3.8) is 0 Å². The molecule has 2 N–H and O–H groups in total. The molecular formula is C21H28FN3O6S. The van der Waals surface area contributed by atoms with Gasteiger partial charge in [-0.25, -0.2) is 4.39 Å². The maximum absolute atomic E-state index is 14.7. The lowest BCUT2D eigenvalue weighted by Crippen LogP contribution is -2.52. The first kappa shape index (κ1) is 24.1. The predicted molar refractivity (Wildman–Crippen MR) is 115 cm³/mol. The van der Waals surface area contributed by atoms with Gasteiger partial charge >= 0.3 is 0 Å². The Morgan fingerprint density at radius 1 is 1.16 bits per heavy atom. The highest BCUT2D eigenvalue weighted by molar-refractivity contribution is 7.85. The van der Waals surface area contributed by atoms with Crippen molar-refractivity contribution in [1.29, 1.82) is 0 Å². The molecule has 2 saturated heterocycles. The van der Waals surface area contributed by atoms with Gasteiger partial charge in [0.1, 0.15) is 11.9 Å². The summed E-state index contributed by atoms with van der Waals surface area (Å²) >= 11 is 0. The number of carbonyl (C=O) groups excluding carboxylic acids is 3. The van der Waals surface area contributed by atoms with E-state index in [1.54, 1.807) is 6.07 Å². The Labute approximate surface area is 186 Å². The van der Waals surface area contributed by atoms with E-state index >= 15 is 0 Å². The number of amides is 3. The average molecular weight is 470 g/mol. The largest absolute Gasteiger partial charge is 0.369 e. The number of nitrogens with one attached hydrogen (secondary N) is 1. The van der Waals surface area contributed by atoms with Gasteiger partial charge in [0, 0.05) is 31.6 Å². The van der Waals surface area contributed by atoms with E-state index in [1.807, 2.05) is 0 Å². The quantitative estimate of drug-likeness (QED) is 0.510. The summed E-state index contributed by atoms with van der Waals surface area (Å²) in [5.41, 5.74) is 1.62. The lowest BCUT2D eigenvalue weighted by Gasteiger charge is -2.33. The fourth-order valence-electron chi connectivity index (χ4n) is 4.40. The van der Waals surface area contributed by atoms with Crippen LogP contribution in [0.4, 0.5) is 10.1 Å². The number of rotatable bonds is 3. The van der Waals surface area contributed by atoms with Gasteiger partial charge in [0.05, 0.1) is 11.9 Å². The van der Waals surface area contributed by atoms with Gasteiger partial charge in [0.25, 0.3) is 16.0 Å². The second-order valence-corrected chi connectivity index (χ2v) is 9.90. The summed E-state index contributed by atoms with van der Waals surface area (Å²) in [6.07, 6.45) is 4.48. The van der Waals surface area contributed by atoms with Crippen molar-refractivity contribution in [3.05, 3.63) is 29.1 Å². The smallest absolute Gasteiger partial charge is 0.261 e. The van der Waals surface area contributed by atoms with Gasteiger partial charge in [-0.05, 0) is 42.9 Å².